The van der Waals surface area contributed by atoms with Gasteiger partial charge >= 0.3 is 0 Å². The molecule has 0 saturated carbocycles. The highest BCUT2D eigenvalue weighted by Crippen LogP contribution is 2.39. The fourth-order valence-electron chi connectivity index (χ4n) is 3.66. The lowest BCUT2D eigenvalue weighted by Crippen LogP contribution is -2.31. The van der Waals surface area contributed by atoms with Gasteiger partial charge in [0.05, 0.1) is 17.1 Å². The number of hydrogen-bond acceptors (Lipinski definition) is 4. The molecule has 2 heterocycles. The molecule has 148 valence electrons. The normalized spacial score (nSPS) is 18.3. The van der Waals surface area contributed by atoms with Gasteiger partial charge in [-0.3, -0.25) is 4.79 Å². The van der Waals surface area contributed by atoms with Crippen molar-refractivity contribution in [2.45, 2.75) is 63.7 Å². The van der Waals surface area contributed by atoms with Crippen molar-refractivity contribution in [1.82, 2.24) is 14.9 Å². The predicted octanol–water partition coefficient (Wildman–Crippen LogP) is 5.49. The number of para-hydroxylation sites is 2. The molecule has 1 saturated heterocycles. The SMILES string of the molecule is CC(C)C[C@H](NC(=O)CCCC[C@H]1CCSS1)c1nc2ccccc2n1C. The molecule has 1 N–H and O–H groups in total. The first kappa shape index (κ1) is 20.6. The van der Waals surface area contributed by atoms with E-state index in [1.807, 2.05) is 46.8 Å². The Morgan fingerprint density at radius 3 is 2.85 bits per heavy atom. The zero-order valence-corrected chi connectivity index (χ0v) is 18.2. The molecule has 27 heavy (non-hydrogen) atoms. The molecule has 2 atom stereocenters. The first-order valence-electron chi connectivity index (χ1n) is 10.0. The summed E-state index contributed by atoms with van der Waals surface area (Å²) < 4.78 is 2.12. The number of hydrogen-bond donors (Lipinski definition) is 1. The van der Waals surface area contributed by atoms with Gasteiger partial charge in [-0.15, -0.1) is 0 Å². The zero-order chi connectivity index (χ0) is 19.2. The molecule has 1 amide bonds. The molecule has 1 fully saturated rings. The average Bonchev–Trinajstić information content (AvgIpc) is 3.26. The van der Waals surface area contributed by atoms with Crippen LogP contribution in [0, 0.1) is 5.92 Å². The lowest BCUT2D eigenvalue weighted by molar-refractivity contribution is -0.122. The molecule has 1 aliphatic rings. The Morgan fingerprint density at radius 1 is 1.33 bits per heavy atom. The molecule has 1 aromatic heterocycles. The quantitative estimate of drug-likeness (QED) is 0.442. The summed E-state index contributed by atoms with van der Waals surface area (Å²) in [4.78, 5) is 17.4. The second-order valence-electron chi connectivity index (χ2n) is 7.84. The first-order valence-corrected chi connectivity index (χ1v) is 12.4. The van der Waals surface area contributed by atoms with Crippen LogP contribution >= 0.6 is 21.6 Å². The van der Waals surface area contributed by atoms with Crippen LogP contribution in [0.5, 0.6) is 0 Å². The Hall–Kier alpha value is -1.14. The van der Waals surface area contributed by atoms with E-state index in [0.29, 0.717) is 12.3 Å². The van der Waals surface area contributed by atoms with Gasteiger partial charge in [-0.05, 0) is 43.7 Å². The number of rotatable bonds is 9. The van der Waals surface area contributed by atoms with Crippen LogP contribution in [-0.2, 0) is 11.8 Å². The summed E-state index contributed by atoms with van der Waals surface area (Å²) in [6.07, 6.45) is 6.20. The summed E-state index contributed by atoms with van der Waals surface area (Å²) >= 11 is 0. The number of fused-ring (bicyclic) bond motifs is 1. The van der Waals surface area contributed by atoms with Crippen molar-refractivity contribution in [3.63, 3.8) is 0 Å². The first-order chi connectivity index (χ1) is 13.0. The number of unbranched alkanes of at least 4 members (excludes halogenated alkanes) is 1. The van der Waals surface area contributed by atoms with Gasteiger partial charge in [0.2, 0.25) is 5.91 Å². The number of aromatic nitrogens is 2. The van der Waals surface area contributed by atoms with Crippen molar-refractivity contribution in [3.05, 3.63) is 30.1 Å². The molecule has 3 rings (SSSR count). The fourth-order valence-corrected chi connectivity index (χ4v) is 6.69. The van der Waals surface area contributed by atoms with Crippen LogP contribution < -0.4 is 5.32 Å². The molecule has 0 spiro atoms. The minimum atomic E-state index is -0.0308. The highest BCUT2D eigenvalue weighted by molar-refractivity contribution is 8.77. The van der Waals surface area contributed by atoms with Crippen molar-refractivity contribution in [3.8, 4) is 0 Å². The van der Waals surface area contributed by atoms with E-state index in [9.17, 15) is 4.79 Å². The number of benzene rings is 1. The number of nitrogens with zero attached hydrogens (tertiary/aromatic N) is 2. The summed E-state index contributed by atoms with van der Waals surface area (Å²) in [6, 6.07) is 8.13. The van der Waals surface area contributed by atoms with Crippen molar-refractivity contribution in [1.29, 1.82) is 0 Å². The topological polar surface area (TPSA) is 46.9 Å². The Kier molecular flexibility index (Phi) is 7.53. The zero-order valence-electron chi connectivity index (χ0n) is 16.6. The van der Waals surface area contributed by atoms with Crippen LogP contribution in [0.25, 0.3) is 11.0 Å². The largest absolute Gasteiger partial charge is 0.346 e. The molecule has 0 aliphatic carbocycles. The standard InChI is InChI=1S/C21H31N3OS2/c1-15(2)14-18(21-23-17-9-5-6-10-19(17)24(21)3)22-20(25)11-7-4-8-16-12-13-26-27-16/h5-6,9-10,15-16,18H,4,7-8,11-14H2,1-3H3,(H,22,25)/t16-,18-/m0/s1. The van der Waals surface area contributed by atoms with Gasteiger partial charge in [0.15, 0.2) is 0 Å². The minimum Gasteiger partial charge on any atom is -0.346 e. The number of carbonyl (C=O) groups excluding carboxylic acids is 1. The second kappa shape index (κ2) is 9.87. The van der Waals surface area contributed by atoms with Crippen LogP contribution in [0.1, 0.15) is 64.2 Å². The van der Waals surface area contributed by atoms with E-state index in [1.54, 1.807) is 0 Å². The van der Waals surface area contributed by atoms with Gasteiger partial charge in [0, 0.05) is 24.5 Å². The number of carbonyl (C=O) groups is 1. The van der Waals surface area contributed by atoms with Crippen LogP contribution in [0.3, 0.4) is 0 Å². The van der Waals surface area contributed by atoms with Gasteiger partial charge < -0.3 is 9.88 Å². The molecular weight excluding hydrogens is 374 g/mol. The summed E-state index contributed by atoms with van der Waals surface area (Å²) in [5.41, 5.74) is 2.10. The van der Waals surface area contributed by atoms with Crippen LogP contribution in [0.2, 0.25) is 0 Å². The Balaban J connectivity index is 1.58. The molecule has 0 bridgehead atoms. The van der Waals surface area contributed by atoms with Crippen LogP contribution in [0.4, 0.5) is 0 Å². The smallest absolute Gasteiger partial charge is 0.220 e. The van der Waals surface area contributed by atoms with Crippen LogP contribution in [-0.4, -0.2) is 26.5 Å². The summed E-state index contributed by atoms with van der Waals surface area (Å²) in [7, 11) is 6.06. The molecule has 0 radical (unpaired) electrons. The average molecular weight is 406 g/mol. The van der Waals surface area contributed by atoms with Crippen molar-refractivity contribution >= 4 is 38.5 Å². The van der Waals surface area contributed by atoms with E-state index in [0.717, 1.165) is 41.4 Å². The Labute approximate surface area is 170 Å². The van der Waals surface area contributed by atoms with Gasteiger partial charge in [-0.1, -0.05) is 54.0 Å². The monoisotopic (exact) mass is 405 g/mol. The molecule has 6 heteroatoms. The van der Waals surface area contributed by atoms with Crippen molar-refractivity contribution in [2.24, 2.45) is 13.0 Å². The highest BCUT2D eigenvalue weighted by Gasteiger charge is 2.22. The minimum absolute atomic E-state index is 0.0308. The summed E-state index contributed by atoms with van der Waals surface area (Å²) in [5, 5.41) is 4.06. The summed E-state index contributed by atoms with van der Waals surface area (Å²) in [5.74, 6) is 2.89. The lowest BCUT2D eigenvalue weighted by atomic mass is 10.0. The maximum atomic E-state index is 12.6. The molecular formula is C21H31N3OS2. The van der Waals surface area contributed by atoms with Crippen molar-refractivity contribution in [2.75, 3.05) is 5.75 Å². The van der Waals surface area contributed by atoms with Gasteiger partial charge in [0.25, 0.3) is 0 Å². The van der Waals surface area contributed by atoms with Gasteiger partial charge in [-0.2, -0.15) is 0 Å². The third-order valence-electron chi connectivity index (χ3n) is 5.08. The van der Waals surface area contributed by atoms with E-state index < -0.39 is 0 Å². The third-order valence-corrected chi connectivity index (χ3v) is 8.09. The molecule has 1 aliphatic heterocycles. The lowest BCUT2D eigenvalue weighted by Gasteiger charge is -2.20. The number of imidazole rings is 1. The Morgan fingerprint density at radius 2 is 2.15 bits per heavy atom. The number of aryl methyl sites for hydroxylation is 1. The van der Waals surface area contributed by atoms with Gasteiger partial charge in [-0.25, -0.2) is 4.98 Å². The molecule has 2 aromatic rings. The second-order valence-corrected chi connectivity index (χ2v) is 10.6. The fraction of sp³-hybridized carbons (Fsp3) is 0.619. The maximum Gasteiger partial charge on any atom is 0.220 e. The van der Waals surface area contributed by atoms with Crippen molar-refractivity contribution < 1.29 is 4.79 Å². The van der Waals surface area contributed by atoms with E-state index in [1.165, 1.54) is 18.6 Å². The highest BCUT2D eigenvalue weighted by atomic mass is 33.1. The van der Waals surface area contributed by atoms with E-state index >= 15 is 0 Å². The molecule has 4 nitrogen and oxygen atoms in total. The van der Waals surface area contributed by atoms with Gasteiger partial charge in [0.1, 0.15) is 5.82 Å². The third kappa shape index (κ3) is 5.67. The predicted molar refractivity (Wildman–Crippen MR) is 118 cm³/mol. The Bertz CT molecular complexity index is 753. The summed E-state index contributed by atoms with van der Waals surface area (Å²) in [6.45, 7) is 4.39. The molecule has 0 unspecified atom stereocenters. The molecule has 1 aromatic carbocycles. The van der Waals surface area contributed by atoms with E-state index in [4.69, 9.17) is 4.98 Å². The number of nitrogens with one attached hydrogen (secondary N) is 1. The van der Waals surface area contributed by atoms with E-state index in [2.05, 4.69) is 29.8 Å². The van der Waals surface area contributed by atoms with E-state index in [-0.39, 0.29) is 11.9 Å². The number of amides is 1. The van der Waals surface area contributed by atoms with Crippen LogP contribution in [0.15, 0.2) is 24.3 Å². The maximum absolute atomic E-state index is 12.6.